The lowest BCUT2D eigenvalue weighted by Crippen LogP contribution is -2.00. The average molecular weight is 269 g/mol. The van der Waals surface area contributed by atoms with Crippen LogP contribution in [0.5, 0.6) is 0 Å². The number of hydrogen-bond acceptors (Lipinski definition) is 6. The van der Waals surface area contributed by atoms with E-state index < -0.39 is 5.97 Å². The number of carboxylic acid groups (broad SMARTS) is 1. The minimum absolute atomic E-state index is 0.0749. The van der Waals surface area contributed by atoms with E-state index in [2.05, 4.69) is 22.2 Å². The summed E-state index contributed by atoms with van der Waals surface area (Å²) in [6.07, 6.45) is 2.85. The molecule has 0 amide bonds. The molecule has 0 bridgehead atoms. The summed E-state index contributed by atoms with van der Waals surface area (Å²) in [4.78, 5) is 20.1. The minimum atomic E-state index is -1.00. The molecule has 0 saturated carbocycles. The van der Waals surface area contributed by atoms with Gasteiger partial charge >= 0.3 is 5.97 Å². The number of aromatic carboxylic acids is 1. The Morgan fingerprint density at radius 1 is 1.59 bits per heavy atom. The number of nitrogens with zero attached hydrogens (tertiary/aromatic N) is 2. The second-order valence-corrected chi connectivity index (χ2v) is 5.33. The highest BCUT2D eigenvalue weighted by Crippen LogP contribution is 2.18. The topological polar surface area (TPSA) is 75.1 Å². The zero-order valence-electron chi connectivity index (χ0n) is 9.14. The largest absolute Gasteiger partial charge is 0.476 e. The lowest BCUT2D eigenvalue weighted by Gasteiger charge is -1.97. The predicted molar refractivity (Wildman–Crippen MR) is 67.9 cm³/mol. The van der Waals surface area contributed by atoms with Crippen LogP contribution in [-0.4, -0.2) is 21.0 Å². The van der Waals surface area contributed by atoms with E-state index in [1.807, 2.05) is 6.20 Å². The van der Waals surface area contributed by atoms with Crippen LogP contribution in [0.2, 0.25) is 0 Å². The van der Waals surface area contributed by atoms with Crippen LogP contribution in [0.25, 0.3) is 0 Å². The van der Waals surface area contributed by atoms with Gasteiger partial charge in [0.15, 0.2) is 10.8 Å². The third-order valence-corrected chi connectivity index (χ3v) is 4.01. The van der Waals surface area contributed by atoms with Gasteiger partial charge in [-0.2, -0.15) is 0 Å². The predicted octanol–water partition coefficient (Wildman–Crippen LogP) is 2.47. The van der Waals surface area contributed by atoms with Gasteiger partial charge in [-0.15, -0.1) is 22.7 Å². The second kappa shape index (κ2) is 5.24. The zero-order valence-corrected chi connectivity index (χ0v) is 10.8. The van der Waals surface area contributed by atoms with Crippen molar-refractivity contribution in [2.75, 3.05) is 5.32 Å². The van der Waals surface area contributed by atoms with Crippen LogP contribution in [0.1, 0.15) is 27.3 Å². The summed E-state index contributed by atoms with van der Waals surface area (Å²) < 4.78 is 0. The molecule has 2 aromatic rings. The molecule has 17 heavy (non-hydrogen) atoms. The molecule has 2 heterocycles. The van der Waals surface area contributed by atoms with E-state index in [0.29, 0.717) is 11.7 Å². The van der Waals surface area contributed by atoms with E-state index in [1.165, 1.54) is 21.6 Å². The normalized spacial score (nSPS) is 10.4. The van der Waals surface area contributed by atoms with Gasteiger partial charge in [-0.3, -0.25) is 0 Å². The number of hydrogen-bond donors (Lipinski definition) is 2. The molecule has 0 spiro atoms. The summed E-state index contributed by atoms with van der Waals surface area (Å²) >= 11 is 2.94. The molecule has 0 aliphatic heterocycles. The monoisotopic (exact) mass is 269 g/mol. The van der Waals surface area contributed by atoms with E-state index in [4.69, 9.17) is 5.11 Å². The third kappa shape index (κ3) is 3.01. The van der Waals surface area contributed by atoms with Gasteiger partial charge in [0.1, 0.15) is 5.01 Å². The van der Waals surface area contributed by atoms with Crippen molar-refractivity contribution in [1.29, 1.82) is 0 Å². The van der Waals surface area contributed by atoms with Crippen molar-refractivity contribution >= 4 is 33.8 Å². The number of anilines is 1. The van der Waals surface area contributed by atoms with Gasteiger partial charge in [0, 0.05) is 16.5 Å². The highest BCUT2D eigenvalue weighted by Gasteiger charge is 2.08. The fourth-order valence-corrected chi connectivity index (χ4v) is 2.68. The molecule has 7 heteroatoms. The number of carboxylic acids is 1. The maximum Gasteiger partial charge on any atom is 0.355 e. The van der Waals surface area contributed by atoms with Crippen molar-refractivity contribution in [3.63, 3.8) is 0 Å². The van der Waals surface area contributed by atoms with Crippen molar-refractivity contribution in [2.24, 2.45) is 0 Å². The number of rotatable bonds is 5. The number of nitrogens with one attached hydrogen (secondary N) is 1. The van der Waals surface area contributed by atoms with Crippen molar-refractivity contribution in [1.82, 2.24) is 9.97 Å². The molecular formula is C10H11N3O2S2. The molecule has 0 aromatic carbocycles. The first kappa shape index (κ1) is 12.0. The summed E-state index contributed by atoms with van der Waals surface area (Å²) in [5, 5.41) is 14.9. The molecule has 0 aliphatic carbocycles. The molecular weight excluding hydrogens is 258 g/mol. The van der Waals surface area contributed by atoms with Crippen molar-refractivity contribution in [3.8, 4) is 0 Å². The fourth-order valence-electron chi connectivity index (χ4n) is 1.20. The Balaban J connectivity index is 1.94. The molecule has 5 nitrogen and oxygen atoms in total. The summed E-state index contributed by atoms with van der Waals surface area (Å²) in [6, 6.07) is 0. The Hall–Kier alpha value is -1.47. The second-order valence-electron chi connectivity index (χ2n) is 3.27. The third-order valence-electron chi connectivity index (χ3n) is 2.06. The molecule has 0 unspecified atom stereocenters. The van der Waals surface area contributed by atoms with E-state index in [1.54, 1.807) is 11.3 Å². The molecule has 0 atom stereocenters. The molecule has 0 fully saturated rings. The minimum Gasteiger partial charge on any atom is -0.476 e. The highest BCUT2D eigenvalue weighted by molar-refractivity contribution is 7.14. The number of thiazole rings is 2. The summed E-state index contributed by atoms with van der Waals surface area (Å²) in [5.74, 6) is -1.00. The first-order valence-electron chi connectivity index (χ1n) is 5.05. The lowest BCUT2D eigenvalue weighted by atomic mass is 10.4. The van der Waals surface area contributed by atoms with Crippen molar-refractivity contribution in [3.05, 3.63) is 27.2 Å². The maximum atomic E-state index is 10.6. The number of aromatic nitrogens is 2. The fraction of sp³-hybridized carbons (Fsp3) is 0.300. The van der Waals surface area contributed by atoms with Gasteiger partial charge in [0.25, 0.3) is 0 Å². The molecule has 0 saturated heterocycles. The maximum absolute atomic E-state index is 10.6. The molecule has 2 N–H and O–H groups in total. The van der Waals surface area contributed by atoms with Crippen LogP contribution >= 0.6 is 22.7 Å². The summed E-state index contributed by atoms with van der Waals surface area (Å²) in [7, 11) is 0. The Morgan fingerprint density at radius 3 is 3.00 bits per heavy atom. The Kier molecular flexibility index (Phi) is 3.70. The van der Waals surface area contributed by atoms with Crippen LogP contribution in [0.15, 0.2) is 11.6 Å². The summed E-state index contributed by atoms with van der Waals surface area (Å²) in [6.45, 7) is 2.67. The van der Waals surface area contributed by atoms with E-state index in [0.717, 1.165) is 11.4 Å². The van der Waals surface area contributed by atoms with Crippen molar-refractivity contribution < 1.29 is 9.90 Å². The Morgan fingerprint density at radius 2 is 2.41 bits per heavy atom. The van der Waals surface area contributed by atoms with Gasteiger partial charge in [-0.05, 0) is 6.42 Å². The Bertz CT molecular complexity index is 521. The Labute approximate surface area is 106 Å². The van der Waals surface area contributed by atoms with Crippen LogP contribution in [-0.2, 0) is 13.0 Å². The first-order chi connectivity index (χ1) is 8.19. The SMILES string of the molecule is CCc1cnc(CNc2nc(C(=O)O)cs2)s1. The van der Waals surface area contributed by atoms with Gasteiger partial charge in [-0.1, -0.05) is 6.92 Å². The van der Waals surface area contributed by atoms with E-state index in [9.17, 15) is 4.79 Å². The van der Waals surface area contributed by atoms with Crippen LogP contribution in [0.3, 0.4) is 0 Å². The first-order valence-corrected chi connectivity index (χ1v) is 6.75. The van der Waals surface area contributed by atoms with Crippen LogP contribution in [0, 0.1) is 0 Å². The van der Waals surface area contributed by atoms with E-state index >= 15 is 0 Å². The van der Waals surface area contributed by atoms with E-state index in [-0.39, 0.29) is 5.69 Å². The molecule has 2 rings (SSSR count). The summed E-state index contributed by atoms with van der Waals surface area (Å²) in [5.41, 5.74) is 0.0749. The van der Waals surface area contributed by atoms with Crippen LogP contribution in [0.4, 0.5) is 5.13 Å². The quantitative estimate of drug-likeness (QED) is 0.872. The highest BCUT2D eigenvalue weighted by atomic mass is 32.1. The van der Waals surface area contributed by atoms with Crippen LogP contribution < -0.4 is 5.32 Å². The number of carbonyl (C=O) groups is 1. The van der Waals surface area contributed by atoms with Gasteiger partial charge in [0.2, 0.25) is 0 Å². The smallest absolute Gasteiger partial charge is 0.355 e. The van der Waals surface area contributed by atoms with Crippen molar-refractivity contribution in [2.45, 2.75) is 19.9 Å². The molecule has 0 aliphatic rings. The molecule has 2 aromatic heterocycles. The molecule has 0 radical (unpaired) electrons. The van der Waals surface area contributed by atoms with Gasteiger partial charge in [-0.25, -0.2) is 14.8 Å². The average Bonchev–Trinajstić information content (AvgIpc) is 2.95. The van der Waals surface area contributed by atoms with Gasteiger partial charge in [0.05, 0.1) is 6.54 Å². The standard InChI is InChI=1S/C10H11N3O2S2/c1-2-6-3-11-8(17-6)4-12-10-13-7(5-16-10)9(14)15/h3,5H,2,4H2,1H3,(H,12,13)(H,14,15). The zero-order chi connectivity index (χ0) is 12.3. The van der Waals surface area contributed by atoms with Gasteiger partial charge < -0.3 is 10.4 Å². The molecule has 90 valence electrons. The number of aryl methyl sites for hydroxylation is 1. The lowest BCUT2D eigenvalue weighted by molar-refractivity contribution is 0.0691.